The molecular weight excluding hydrogens is 174 g/mol. The summed E-state index contributed by atoms with van der Waals surface area (Å²) in [4.78, 5) is 0. The van der Waals surface area contributed by atoms with Crippen molar-refractivity contribution in [1.82, 2.24) is 4.31 Å². The fourth-order valence-electron chi connectivity index (χ4n) is 0.739. The minimum atomic E-state index is -0.254. The minimum Gasteiger partial charge on any atom is -0.257 e. The van der Waals surface area contributed by atoms with Crippen molar-refractivity contribution in [1.29, 1.82) is 0 Å². The molecule has 0 saturated heterocycles. The van der Waals surface area contributed by atoms with Crippen LogP contribution in [0, 0.1) is 0 Å². The zero-order valence-electron chi connectivity index (χ0n) is 8.39. The quantitative estimate of drug-likeness (QED) is 0.489. The highest BCUT2D eigenvalue weighted by molar-refractivity contribution is 8.32. The summed E-state index contributed by atoms with van der Waals surface area (Å²) in [5.41, 5.74) is 0. The number of nitrogens with zero attached hydrogens (tertiary/aromatic N) is 1. The van der Waals surface area contributed by atoms with Gasteiger partial charge in [-0.05, 0) is 45.0 Å². The molecule has 0 fully saturated rings. The van der Waals surface area contributed by atoms with Gasteiger partial charge in [0.25, 0.3) is 0 Å². The van der Waals surface area contributed by atoms with Gasteiger partial charge in [0.15, 0.2) is 0 Å². The van der Waals surface area contributed by atoms with Crippen LogP contribution in [0.3, 0.4) is 0 Å². The summed E-state index contributed by atoms with van der Waals surface area (Å²) in [6.45, 7) is 0. The van der Waals surface area contributed by atoms with Gasteiger partial charge in [0.1, 0.15) is 0 Å². The molecule has 0 spiro atoms. The van der Waals surface area contributed by atoms with Crippen LogP contribution in [0.25, 0.3) is 0 Å². The predicted molar refractivity (Wildman–Crippen MR) is 61.0 cm³/mol. The van der Waals surface area contributed by atoms with Gasteiger partial charge in [-0.25, -0.2) is 10.0 Å². The Morgan fingerprint density at radius 2 is 1.73 bits per heavy atom. The van der Waals surface area contributed by atoms with Gasteiger partial charge in [-0.2, -0.15) is 0 Å². The molecular formula is C8H21NS2. The highest BCUT2D eigenvalue weighted by Crippen LogP contribution is 2.35. The van der Waals surface area contributed by atoms with Crippen LogP contribution in [0.2, 0.25) is 0 Å². The SMILES string of the molecule is CN(C)SCCCS(C)(C)C. The van der Waals surface area contributed by atoms with Crippen LogP contribution in [0.15, 0.2) is 0 Å². The van der Waals surface area contributed by atoms with Crippen molar-refractivity contribution in [3.05, 3.63) is 0 Å². The molecule has 0 saturated carbocycles. The Labute approximate surface area is 77.4 Å². The maximum Gasteiger partial charge on any atom is 0.00879 e. The van der Waals surface area contributed by atoms with E-state index >= 15 is 0 Å². The molecule has 0 aliphatic heterocycles. The first-order valence-corrected chi connectivity index (χ1v) is 7.85. The van der Waals surface area contributed by atoms with E-state index in [0.29, 0.717) is 0 Å². The van der Waals surface area contributed by atoms with Crippen molar-refractivity contribution >= 4 is 22.0 Å². The molecule has 3 heteroatoms. The Hall–Kier alpha value is 0.660. The molecule has 0 heterocycles. The van der Waals surface area contributed by atoms with Crippen LogP contribution in [0.1, 0.15) is 6.42 Å². The summed E-state index contributed by atoms with van der Waals surface area (Å²) in [5, 5.41) is 0. The van der Waals surface area contributed by atoms with Crippen molar-refractivity contribution in [3.8, 4) is 0 Å². The molecule has 0 N–H and O–H groups in total. The first-order chi connectivity index (χ1) is 4.92. The van der Waals surface area contributed by atoms with Gasteiger partial charge in [0.2, 0.25) is 0 Å². The minimum absolute atomic E-state index is 0.254. The average molecular weight is 195 g/mol. The van der Waals surface area contributed by atoms with Crippen LogP contribution < -0.4 is 0 Å². The van der Waals surface area contributed by atoms with E-state index in [9.17, 15) is 0 Å². The molecule has 0 aromatic rings. The molecule has 0 bridgehead atoms. The molecule has 0 aliphatic carbocycles. The summed E-state index contributed by atoms with van der Waals surface area (Å²) in [7, 11) is 3.96. The maximum atomic E-state index is 2.38. The standard InChI is InChI=1S/C8H21NS2/c1-9(2)10-7-6-8-11(3,4)5/h6-8H2,1-5H3. The highest BCUT2D eigenvalue weighted by Gasteiger charge is 2.02. The van der Waals surface area contributed by atoms with Crippen molar-refractivity contribution in [2.24, 2.45) is 0 Å². The Kier molecular flexibility index (Phi) is 5.65. The van der Waals surface area contributed by atoms with E-state index in [4.69, 9.17) is 0 Å². The van der Waals surface area contributed by atoms with Gasteiger partial charge in [-0.15, -0.1) is 0 Å². The fourth-order valence-corrected chi connectivity index (χ4v) is 2.57. The molecule has 0 unspecified atom stereocenters. The van der Waals surface area contributed by atoms with Crippen molar-refractivity contribution in [2.45, 2.75) is 6.42 Å². The second kappa shape index (κ2) is 5.33. The van der Waals surface area contributed by atoms with E-state index < -0.39 is 0 Å². The smallest absolute Gasteiger partial charge is 0.00879 e. The maximum absolute atomic E-state index is 2.38. The number of hydrogen-bond donors (Lipinski definition) is 0. The number of hydrogen-bond acceptors (Lipinski definition) is 2. The lowest BCUT2D eigenvalue weighted by Gasteiger charge is -2.24. The third-order valence-electron chi connectivity index (χ3n) is 1.25. The summed E-state index contributed by atoms with van der Waals surface area (Å²) < 4.78 is 2.18. The van der Waals surface area contributed by atoms with Crippen LogP contribution in [0.4, 0.5) is 0 Å². The Bertz CT molecular complexity index is 96.8. The lowest BCUT2D eigenvalue weighted by atomic mass is 10.6. The molecule has 0 radical (unpaired) electrons. The van der Waals surface area contributed by atoms with Gasteiger partial charge in [0, 0.05) is 5.75 Å². The Balaban J connectivity index is 3.15. The fraction of sp³-hybridized carbons (Fsp3) is 1.00. The summed E-state index contributed by atoms with van der Waals surface area (Å²) in [6, 6.07) is 0. The van der Waals surface area contributed by atoms with Gasteiger partial charge in [0.05, 0.1) is 0 Å². The van der Waals surface area contributed by atoms with E-state index in [1.54, 1.807) is 0 Å². The van der Waals surface area contributed by atoms with Gasteiger partial charge in [-0.1, -0.05) is 11.9 Å². The van der Waals surface area contributed by atoms with E-state index in [1.165, 1.54) is 17.9 Å². The van der Waals surface area contributed by atoms with Crippen LogP contribution in [-0.2, 0) is 0 Å². The molecule has 0 atom stereocenters. The van der Waals surface area contributed by atoms with Crippen LogP contribution in [-0.4, -0.2) is 48.7 Å². The third kappa shape index (κ3) is 10.7. The van der Waals surface area contributed by atoms with E-state index in [0.717, 1.165) is 0 Å². The van der Waals surface area contributed by atoms with Crippen molar-refractivity contribution in [2.75, 3.05) is 44.4 Å². The van der Waals surface area contributed by atoms with E-state index in [-0.39, 0.29) is 10.0 Å². The van der Waals surface area contributed by atoms with E-state index in [1.807, 2.05) is 11.9 Å². The topological polar surface area (TPSA) is 3.24 Å². The molecule has 0 amide bonds. The molecule has 0 aliphatic rings. The van der Waals surface area contributed by atoms with Crippen LogP contribution in [0.5, 0.6) is 0 Å². The van der Waals surface area contributed by atoms with Crippen molar-refractivity contribution < 1.29 is 0 Å². The third-order valence-corrected chi connectivity index (χ3v) is 3.75. The second-order valence-corrected chi connectivity index (χ2v) is 9.78. The molecule has 1 nitrogen and oxygen atoms in total. The molecule has 0 aromatic carbocycles. The largest absolute Gasteiger partial charge is 0.257 e. The first-order valence-electron chi connectivity index (χ1n) is 3.88. The summed E-state index contributed by atoms with van der Waals surface area (Å²) in [6.07, 6.45) is 8.51. The zero-order valence-corrected chi connectivity index (χ0v) is 10.0. The predicted octanol–water partition coefficient (Wildman–Crippen LogP) is 2.28. The normalized spacial score (nSPS) is 14.0. The Morgan fingerprint density at radius 1 is 1.18 bits per heavy atom. The van der Waals surface area contributed by atoms with Gasteiger partial charge < -0.3 is 0 Å². The average Bonchev–Trinajstić information content (AvgIpc) is 1.78. The Morgan fingerprint density at radius 3 is 2.09 bits per heavy atom. The summed E-state index contributed by atoms with van der Waals surface area (Å²) >= 11 is 1.92. The molecule has 70 valence electrons. The van der Waals surface area contributed by atoms with Crippen molar-refractivity contribution in [3.63, 3.8) is 0 Å². The summed E-state index contributed by atoms with van der Waals surface area (Å²) in [5.74, 6) is 2.69. The van der Waals surface area contributed by atoms with E-state index in [2.05, 4.69) is 37.2 Å². The monoisotopic (exact) mass is 195 g/mol. The molecule has 0 aromatic heterocycles. The first kappa shape index (κ1) is 11.7. The molecule has 0 rings (SSSR count). The zero-order chi connectivity index (χ0) is 8.91. The van der Waals surface area contributed by atoms with Gasteiger partial charge >= 0.3 is 0 Å². The molecule has 11 heavy (non-hydrogen) atoms. The highest BCUT2D eigenvalue weighted by atomic mass is 32.3. The number of rotatable bonds is 5. The lowest BCUT2D eigenvalue weighted by molar-refractivity contribution is 0.701. The lowest BCUT2D eigenvalue weighted by Crippen LogP contribution is -2.04. The van der Waals surface area contributed by atoms with Crippen LogP contribution >= 0.6 is 22.0 Å². The second-order valence-electron chi connectivity index (χ2n) is 3.79. The van der Waals surface area contributed by atoms with Gasteiger partial charge in [-0.3, -0.25) is 4.31 Å².